The van der Waals surface area contributed by atoms with Crippen molar-refractivity contribution >= 4 is 11.6 Å². The summed E-state index contributed by atoms with van der Waals surface area (Å²) >= 11 is 0. The molecule has 90 valence electrons. The van der Waals surface area contributed by atoms with E-state index in [4.69, 9.17) is 0 Å². The zero-order valence-electron chi connectivity index (χ0n) is 10.8. The largest absolute Gasteiger partial charge is 0.326 e. The molecule has 1 N–H and O–H groups in total. The van der Waals surface area contributed by atoms with Gasteiger partial charge in [-0.1, -0.05) is 45.4 Å². The molecule has 1 aromatic rings. The maximum Gasteiger partial charge on any atom is 0.224 e. The van der Waals surface area contributed by atoms with Crippen molar-refractivity contribution in [2.75, 3.05) is 5.32 Å². The first-order valence-electron chi connectivity index (χ1n) is 6.01. The fraction of sp³-hybridized carbons (Fsp3) is 0.500. The minimum Gasteiger partial charge on any atom is -0.326 e. The summed E-state index contributed by atoms with van der Waals surface area (Å²) < 4.78 is 0. The Bertz CT molecular complexity index is 307. The van der Waals surface area contributed by atoms with Crippen LogP contribution < -0.4 is 5.32 Å². The van der Waals surface area contributed by atoms with Crippen molar-refractivity contribution < 1.29 is 4.79 Å². The van der Waals surface area contributed by atoms with Gasteiger partial charge in [0.2, 0.25) is 5.91 Å². The van der Waals surface area contributed by atoms with Gasteiger partial charge in [0.1, 0.15) is 0 Å². The molecule has 0 saturated heterocycles. The van der Waals surface area contributed by atoms with E-state index in [0.717, 1.165) is 17.7 Å². The van der Waals surface area contributed by atoms with Crippen molar-refractivity contribution in [3.63, 3.8) is 0 Å². The van der Waals surface area contributed by atoms with E-state index in [-0.39, 0.29) is 5.91 Å². The highest BCUT2D eigenvalue weighted by atomic mass is 16.1. The van der Waals surface area contributed by atoms with Crippen molar-refractivity contribution in [1.29, 1.82) is 0 Å². The van der Waals surface area contributed by atoms with E-state index in [0.29, 0.717) is 6.42 Å². The van der Waals surface area contributed by atoms with Gasteiger partial charge in [0.05, 0.1) is 0 Å². The summed E-state index contributed by atoms with van der Waals surface area (Å²) in [4.78, 5) is 11.3. The lowest BCUT2D eigenvalue weighted by Gasteiger charge is -2.06. The van der Waals surface area contributed by atoms with Crippen LogP contribution in [0.1, 0.15) is 45.6 Å². The number of hydrogen-bond donors (Lipinski definition) is 1. The first-order chi connectivity index (χ1) is 7.65. The van der Waals surface area contributed by atoms with Crippen molar-refractivity contribution in [3.8, 4) is 0 Å². The Morgan fingerprint density at radius 2 is 1.75 bits per heavy atom. The molecule has 2 heteroatoms. The third-order valence-corrected chi connectivity index (χ3v) is 1.90. The molecule has 1 aromatic carbocycles. The second kappa shape index (κ2) is 8.96. The lowest BCUT2D eigenvalue weighted by molar-refractivity contribution is -0.116. The number of amides is 1. The van der Waals surface area contributed by atoms with Gasteiger partial charge in [0, 0.05) is 12.1 Å². The van der Waals surface area contributed by atoms with Crippen molar-refractivity contribution in [2.45, 2.75) is 47.0 Å². The van der Waals surface area contributed by atoms with Crippen LogP contribution in [0.15, 0.2) is 24.3 Å². The Kier molecular flexibility index (Phi) is 8.22. The van der Waals surface area contributed by atoms with E-state index in [2.05, 4.69) is 19.2 Å². The molecular weight excluding hydrogens is 198 g/mol. The first-order valence-corrected chi connectivity index (χ1v) is 6.01. The molecule has 0 unspecified atom stereocenters. The van der Waals surface area contributed by atoms with Gasteiger partial charge >= 0.3 is 0 Å². The van der Waals surface area contributed by atoms with Gasteiger partial charge < -0.3 is 5.32 Å². The third kappa shape index (κ3) is 6.23. The third-order valence-electron chi connectivity index (χ3n) is 1.90. The summed E-state index contributed by atoms with van der Waals surface area (Å²) in [6, 6.07) is 7.80. The van der Waals surface area contributed by atoms with Crippen LogP contribution in [0.25, 0.3) is 0 Å². The quantitative estimate of drug-likeness (QED) is 0.816. The van der Waals surface area contributed by atoms with E-state index >= 15 is 0 Å². The summed E-state index contributed by atoms with van der Waals surface area (Å²) in [5.74, 6) is 0.0943. The molecule has 0 fully saturated rings. The normalized spacial score (nSPS) is 9.00. The Morgan fingerprint density at radius 3 is 2.25 bits per heavy atom. The predicted molar refractivity (Wildman–Crippen MR) is 70.7 cm³/mol. The standard InChI is InChI=1S/C11H15NO.C3H8/c1-3-6-11(13)12-10-8-5-4-7-9(10)2;1-3-2/h4-5,7-8H,3,6H2,1-2H3,(H,12,13);3H2,1-2H3. The molecular formula is C14H23NO. The second-order valence-electron chi connectivity index (χ2n) is 3.82. The van der Waals surface area contributed by atoms with E-state index in [1.165, 1.54) is 6.42 Å². The molecule has 0 aliphatic carbocycles. The topological polar surface area (TPSA) is 29.1 Å². The molecule has 0 bridgehead atoms. The summed E-state index contributed by atoms with van der Waals surface area (Å²) in [5.41, 5.74) is 2.02. The van der Waals surface area contributed by atoms with Gasteiger partial charge in [0.25, 0.3) is 0 Å². The van der Waals surface area contributed by atoms with E-state index in [9.17, 15) is 4.79 Å². The number of para-hydroxylation sites is 1. The number of rotatable bonds is 3. The van der Waals surface area contributed by atoms with Crippen LogP contribution in [0.5, 0.6) is 0 Å². The van der Waals surface area contributed by atoms with Crippen molar-refractivity contribution in [3.05, 3.63) is 29.8 Å². The zero-order valence-corrected chi connectivity index (χ0v) is 10.8. The minimum atomic E-state index is 0.0943. The molecule has 0 aliphatic rings. The van der Waals surface area contributed by atoms with Gasteiger partial charge in [0.15, 0.2) is 0 Å². The lowest BCUT2D eigenvalue weighted by Crippen LogP contribution is -2.11. The summed E-state index contributed by atoms with van der Waals surface area (Å²) in [7, 11) is 0. The fourth-order valence-electron chi connectivity index (χ4n) is 1.15. The molecule has 1 amide bonds. The van der Waals surface area contributed by atoms with E-state index < -0.39 is 0 Å². The van der Waals surface area contributed by atoms with Gasteiger partial charge in [-0.3, -0.25) is 4.79 Å². The van der Waals surface area contributed by atoms with Crippen LogP contribution in [0, 0.1) is 6.92 Å². The maximum absolute atomic E-state index is 11.3. The number of nitrogens with one attached hydrogen (secondary N) is 1. The van der Waals surface area contributed by atoms with Crippen LogP contribution in [0.3, 0.4) is 0 Å². The van der Waals surface area contributed by atoms with Gasteiger partial charge in [-0.2, -0.15) is 0 Å². The fourth-order valence-corrected chi connectivity index (χ4v) is 1.15. The minimum absolute atomic E-state index is 0.0943. The smallest absolute Gasteiger partial charge is 0.224 e. The average Bonchev–Trinajstić information content (AvgIpc) is 2.23. The predicted octanol–water partition coefficient (Wildman–Crippen LogP) is 4.15. The van der Waals surface area contributed by atoms with Crippen LogP contribution in [-0.2, 0) is 4.79 Å². The number of carbonyl (C=O) groups excluding carboxylic acids is 1. The Hall–Kier alpha value is -1.31. The summed E-state index contributed by atoms with van der Waals surface area (Å²) in [6.45, 7) is 8.24. The van der Waals surface area contributed by atoms with Gasteiger partial charge in [-0.05, 0) is 25.0 Å². The monoisotopic (exact) mass is 221 g/mol. The van der Waals surface area contributed by atoms with Crippen LogP contribution in [0.2, 0.25) is 0 Å². The van der Waals surface area contributed by atoms with Gasteiger partial charge in [-0.15, -0.1) is 0 Å². The van der Waals surface area contributed by atoms with E-state index in [1.54, 1.807) is 0 Å². The number of aryl methyl sites for hydroxylation is 1. The van der Waals surface area contributed by atoms with Gasteiger partial charge in [-0.25, -0.2) is 0 Å². The first kappa shape index (κ1) is 14.7. The number of anilines is 1. The Balaban J connectivity index is 0.000000673. The molecule has 0 atom stereocenters. The molecule has 1 rings (SSSR count). The van der Waals surface area contributed by atoms with Crippen molar-refractivity contribution in [2.24, 2.45) is 0 Å². The highest BCUT2D eigenvalue weighted by molar-refractivity contribution is 5.91. The zero-order chi connectivity index (χ0) is 12.4. The molecule has 0 radical (unpaired) electrons. The lowest BCUT2D eigenvalue weighted by atomic mass is 10.2. The average molecular weight is 221 g/mol. The molecule has 0 saturated carbocycles. The van der Waals surface area contributed by atoms with E-state index in [1.807, 2.05) is 38.1 Å². The Labute approximate surface area is 99.1 Å². The SMILES string of the molecule is CCC.CCCC(=O)Nc1ccccc1C. The molecule has 2 nitrogen and oxygen atoms in total. The number of hydrogen-bond acceptors (Lipinski definition) is 1. The Morgan fingerprint density at radius 1 is 1.19 bits per heavy atom. The van der Waals surface area contributed by atoms with Crippen LogP contribution >= 0.6 is 0 Å². The molecule has 0 heterocycles. The maximum atomic E-state index is 11.3. The summed E-state index contributed by atoms with van der Waals surface area (Å²) in [5, 5.41) is 2.87. The number of benzene rings is 1. The molecule has 0 aromatic heterocycles. The molecule has 0 spiro atoms. The van der Waals surface area contributed by atoms with Crippen LogP contribution in [-0.4, -0.2) is 5.91 Å². The molecule has 16 heavy (non-hydrogen) atoms. The summed E-state index contributed by atoms with van der Waals surface area (Å²) in [6.07, 6.45) is 2.73. The van der Waals surface area contributed by atoms with Crippen molar-refractivity contribution in [1.82, 2.24) is 0 Å². The van der Waals surface area contributed by atoms with Crippen LogP contribution in [0.4, 0.5) is 5.69 Å². The highest BCUT2D eigenvalue weighted by Gasteiger charge is 2.01. The highest BCUT2D eigenvalue weighted by Crippen LogP contribution is 2.13. The molecule has 0 aliphatic heterocycles. The number of carbonyl (C=O) groups is 1. The second-order valence-corrected chi connectivity index (χ2v) is 3.82.